The average Bonchev–Trinajstić information content (AvgIpc) is 2.38. The van der Waals surface area contributed by atoms with E-state index in [2.05, 4.69) is 10.0 Å². The lowest BCUT2D eigenvalue weighted by molar-refractivity contribution is -0.117. The Morgan fingerprint density at radius 3 is 2.38 bits per heavy atom. The van der Waals surface area contributed by atoms with Gasteiger partial charge in [-0.25, -0.2) is 13.1 Å². The molecule has 0 saturated carbocycles. The van der Waals surface area contributed by atoms with Gasteiger partial charge in [-0.2, -0.15) is 0 Å². The molecule has 1 unspecified atom stereocenters. The van der Waals surface area contributed by atoms with E-state index in [9.17, 15) is 13.2 Å². The van der Waals surface area contributed by atoms with E-state index >= 15 is 0 Å². The number of hydrogen-bond acceptors (Lipinski definition) is 4. The fourth-order valence-electron chi connectivity index (χ4n) is 2.10. The molecule has 0 aliphatic heterocycles. The Hall–Kier alpha value is -1.15. The van der Waals surface area contributed by atoms with Crippen molar-refractivity contribution >= 4 is 34.0 Å². The monoisotopic (exact) mass is 377 g/mol. The van der Waals surface area contributed by atoms with Crippen LogP contribution in [0.5, 0.6) is 0 Å². The molecule has 1 atom stereocenters. The molecule has 0 bridgehead atoms. The van der Waals surface area contributed by atoms with Crippen molar-refractivity contribution in [2.24, 2.45) is 5.73 Å². The summed E-state index contributed by atoms with van der Waals surface area (Å²) in [5.41, 5.74) is 6.21. The molecule has 0 spiro atoms. The third kappa shape index (κ3) is 6.76. The lowest BCUT2D eigenvalue weighted by Gasteiger charge is -2.21. The van der Waals surface area contributed by atoms with Crippen molar-refractivity contribution < 1.29 is 13.2 Å². The molecule has 1 amide bonds. The van der Waals surface area contributed by atoms with Crippen molar-refractivity contribution in [3.63, 3.8) is 0 Å². The first-order valence-corrected chi connectivity index (χ1v) is 9.15. The molecular formula is C16H28ClN3O3S. The average molecular weight is 378 g/mol. The molecule has 0 saturated heterocycles. The van der Waals surface area contributed by atoms with E-state index in [0.29, 0.717) is 17.7 Å². The molecule has 1 aromatic carbocycles. The fraction of sp³-hybridized carbons (Fsp3) is 0.562. The summed E-state index contributed by atoms with van der Waals surface area (Å²) in [4.78, 5) is 12.1. The number of halogens is 1. The van der Waals surface area contributed by atoms with Crippen LogP contribution in [0.1, 0.15) is 46.1 Å². The molecule has 8 heteroatoms. The van der Waals surface area contributed by atoms with Crippen molar-refractivity contribution in [2.75, 3.05) is 5.32 Å². The first-order valence-electron chi connectivity index (χ1n) is 7.67. The molecule has 0 fully saturated rings. The molecule has 6 nitrogen and oxygen atoms in total. The Bertz CT molecular complexity index is 670. The van der Waals surface area contributed by atoms with Crippen molar-refractivity contribution in [2.45, 2.75) is 63.9 Å². The predicted molar refractivity (Wildman–Crippen MR) is 100 cm³/mol. The number of carbonyl (C=O) groups excluding carboxylic acids is 1. The largest absolute Gasteiger partial charge is 0.325 e. The lowest BCUT2D eigenvalue weighted by atomic mass is 10.1. The highest BCUT2D eigenvalue weighted by Crippen LogP contribution is 2.22. The van der Waals surface area contributed by atoms with Crippen LogP contribution in [0.4, 0.5) is 5.69 Å². The maximum absolute atomic E-state index is 12.5. The van der Waals surface area contributed by atoms with Gasteiger partial charge in [0.25, 0.3) is 0 Å². The summed E-state index contributed by atoms with van der Waals surface area (Å²) in [5.74, 6) is -0.317. The highest BCUT2D eigenvalue weighted by atomic mass is 35.5. The zero-order chi connectivity index (χ0) is 17.8. The second-order valence-corrected chi connectivity index (χ2v) is 8.37. The number of carbonyl (C=O) groups is 1. The predicted octanol–water partition coefficient (Wildman–Crippen LogP) is 2.56. The zero-order valence-electron chi connectivity index (χ0n) is 14.8. The van der Waals surface area contributed by atoms with Gasteiger partial charge in [0, 0.05) is 11.2 Å². The normalized spacial score (nSPS) is 13.1. The van der Waals surface area contributed by atoms with Crippen molar-refractivity contribution in [3.8, 4) is 0 Å². The molecule has 0 aliphatic carbocycles. The Balaban J connectivity index is 0.00000529. The van der Waals surface area contributed by atoms with E-state index in [4.69, 9.17) is 5.73 Å². The van der Waals surface area contributed by atoms with Crippen molar-refractivity contribution in [3.05, 3.63) is 23.8 Å². The second-order valence-electron chi connectivity index (χ2n) is 6.72. The number of nitrogens with two attached hydrogens (primary N) is 1. The minimum Gasteiger partial charge on any atom is -0.325 e. The van der Waals surface area contributed by atoms with Gasteiger partial charge < -0.3 is 11.1 Å². The van der Waals surface area contributed by atoms with Crippen LogP contribution in [0.25, 0.3) is 0 Å². The van der Waals surface area contributed by atoms with Crippen LogP contribution in [-0.4, -0.2) is 25.9 Å². The van der Waals surface area contributed by atoms with Gasteiger partial charge in [0.1, 0.15) is 0 Å². The number of rotatable bonds is 6. The van der Waals surface area contributed by atoms with E-state index in [-0.39, 0.29) is 23.2 Å². The first kappa shape index (κ1) is 22.9. The van der Waals surface area contributed by atoms with E-state index in [1.165, 1.54) is 6.07 Å². The highest BCUT2D eigenvalue weighted by molar-refractivity contribution is 7.89. The molecule has 24 heavy (non-hydrogen) atoms. The van der Waals surface area contributed by atoms with Gasteiger partial charge in [0.2, 0.25) is 15.9 Å². The van der Waals surface area contributed by atoms with E-state index in [0.717, 1.165) is 6.42 Å². The molecule has 0 heterocycles. The fourth-order valence-corrected chi connectivity index (χ4v) is 3.79. The minimum atomic E-state index is -3.67. The summed E-state index contributed by atoms with van der Waals surface area (Å²) in [7, 11) is -3.67. The topological polar surface area (TPSA) is 101 Å². The number of hydrogen-bond donors (Lipinski definition) is 3. The van der Waals surface area contributed by atoms with Crippen LogP contribution >= 0.6 is 12.4 Å². The SMILES string of the molecule is CCCC(N)C(=O)Nc1ccc(C)c(S(=O)(=O)NC(C)(C)C)c1.Cl. The molecule has 4 N–H and O–H groups in total. The minimum absolute atomic E-state index is 0. The maximum atomic E-state index is 12.5. The summed E-state index contributed by atoms with van der Waals surface area (Å²) in [6.07, 6.45) is 1.38. The van der Waals surface area contributed by atoms with Gasteiger partial charge in [0.05, 0.1) is 10.9 Å². The molecule has 138 valence electrons. The van der Waals surface area contributed by atoms with Gasteiger partial charge >= 0.3 is 0 Å². The van der Waals surface area contributed by atoms with Gasteiger partial charge in [-0.15, -0.1) is 12.4 Å². The summed E-state index contributed by atoms with van der Waals surface area (Å²) in [5, 5.41) is 2.67. The van der Waals surface area contributed by atoms with E-state index in [1.807, 2.05) is 6.92 Å². The Morgan fingerprint density at radius 2 is 1.88 bits per heavy atom. The standard InChI is InChI=1S/C16H27N3O3S.ClH/c1-6-7-13(17)15(20)18-12-9-8-11(2)14(10-12)23(21,22)19-16(3,4)5;/h8-10,13,19H,6-7,17H2,1-5H3,(H,18,20);1H. The summed E-state index contributed by atoms with van der Waals surface area (Å²) >= 11 is 0. The van der Waals surface area contributed by atoms with Crippen molar-refractivity contribution in [1.29, 1.82) is 0 Å². The van der Waals surface area contributed by atoms with E-state index in [1.54, 1.807) is 39.8 Å². The van der Waals surface area contributed by atoms with Crippen LogP contribution in [0, 0.1) is 6.92 Å². The zero-order valence-corrected chi connectivity index (χ0v) is 16.5. The Morgan fingerprint density at radius 1 is 1.29 bits per heavy atom. The first-order chi connectivity index (χ1) is 10.5. The smallest absolute Gasteiger partial charge is 0.241 e. The number of amides is 1. The van der Waals surface area contributed by atoms with Crippen LogP contribution in [0.15, 0.2) is 23.1 Å². The third-order valence-electron chi connectivity index (χ3n) is 3.12. The number of nitrogens with one attached hydrogen (secondary N) is 2. The molecule has 0 aromatic heterocycles. The number of anilines is 1. The number of aryl methyl sites for hydroxylation is 1. The number of sulfonamides is 1. The second kappa shape index (κ2) is 8.80. The maximum Gasteiger partial charge on any atom is 0.241 e. The molecule has 0 aliphatic rings. The van der Waals surface area contributed by atoms with Crippen LogP contribution in [0.3, 0.4) is 0 Å². The van der Waals surface area contributed by atoms with Gasteiger partial charge in [0.15, 0.2) is 0 Å². The summed E-state index contributed by atoms with van der Waals surface area (Å²) in [6, 6.07) is 4.19. The molecular weight excluding hydrogens is 350 g/mol. The van der Waals surface area contributed by atoms with Crippen LogP contribution in [-0.2, 0) is 14.8 Å². The number of benzene rings is 1. The van der Waals surface area contributed by atoms with Crippen LogP contribution < -0.4 is 15.8 Å². The third-order valence-corrected chi connectivity index (χ3v) is 5.02. The molecule has 0 radical (unpaired) electrons. The van der Waals surface area contributed by atoms with Gasteiger partial charge in [-0.1, -0.05) is 19.4 Å². The lowest BCUT2D eigenvalue weighted by Crippen LogP contribution is -2.40. The Kier molecular flexibility index (Phi) is 8.38. The summed E-state index contributed by atoms with van der Waals surface area (Å²) < 4.78 is 27.6. The quantitative estimate of drug-likeness (QED) is 0.709. The summed E-state index contributed by atoms with van der Waals surface area (Å²) in [6.45, 7) is 8.98. The Labute approximate surface area is 151 Å². The highest BCUT2D eigenvalue weighted by Gasteiger charge is 2.24. The van der Waals surface area contributed by atoms with Crippen LogP contribution in [0.2, 0.25) is 0 Å². The molecule has 1 rings (SSSR count). The van der Waals surface area contributed by atoms with Crippen molar-refractivity contribution in [1.82, 2.24) is 4.72 Å². The van der Waals surface area contributed by atoms with E-state index < -0.39 is 21.6 Å². The molecule has 1 aromatic rings. The van der Waals surface area contributed by atoms with Gasteiger partial charge in [-0.05, 0) is 51.8 Å². The van der Waals surface area contributed by atoms with Gasteiger partial charge in [-0.3, -0.25) is 4.79 Å².